The Kier molecular flexibility index (Phi) is 3.85. The zero-order valence-electron chi connectivity index (χ0n) is 11.3. The number of nitrogens with one attached hydrogen (secondary N) is 1. The molecule has 1 aromatic carbocycles. The second-order valence-electron chi connectivity index (χ2n) is 4.55. The standard InChI is InChI=1S/C14H13FN4S2/c1-8-7-20-14(18-8)11-12(16)19-21-13(11)17-6-9-2-4-10(15)5-3-9/h2-5,7,17H,6H2,1H3,(H2,16,19). The largest absolute Gasteiger partial charge is 0.382 e. The average molecular weight is 320 g/mol. The molecule has 0 saturated heterocycles. The van der Waals surface area contributed by atoms with Crippen molar-refractivity contribution >= 4 is 33.7 Å². The second-order valence-corrected chi connectivity index (χ2v) is 6.18. The molecule has 0 aliphatic heterocycles. The maximum Gasteiger partial charge on any atom is 0.149 e. The number of thiazole rings is 1. The highest BCUT2D eigenvalue weighted by molar-refractivity contribution is 7.15. The second kappa shape index (κ2) is 5.79. The number of nitrogen functional groups attached to an aromatic ring is 1. The molecule has 7 heteroatoms. The Hall–Kier alpha value is -1.99. The first-order valence-electron chi connectivity index (χ1n) is 6.29. The third-order valence-electron chi connectivity index (χ3n) is 2.92. The Bertz CT molecular complexity index is 749. The summed E-state index contributed by atoms with van der Waals surface area (Å²) >= 11 is 2.85. The molecular formula is C14H13FN4S2. The van der Waals surface area contributed by atoms with Crippen LogP contribution < -0.4 is 11.1 Å². The molecule has 0 unspecified atom stereocenters. The van der Waals surface area contributed by atoms with Crippen molar-refractivity contribution in [3.05, 3.63) is 46.7 Å². The number of nitrogens with two attached hydrogens (primary N) is 1. The number of hydrogen-bond acceptors (Lipinski definition) is 6. The molecule has 0 atom stereocenters. The minimum atomic E-state index is -0.236. The van der Waals surface area contributed by atoms with E-state index in [0.29, 0.717) is 12.4 Å². The molecule has 0 amide bonds. The highest BCUT2D eigenvalue weighted by atomic mass is 32.1. The first-order chi connectivity index (χ1) is 10.1. The molecule has 4 nitrogen and oxygen atoms in total. The number of nitrogens with zero attached hydrogens (tertiary/aromatic N) is 2. The SMILES string of the molecule is Cc1csc(-c2c(N)nsc2NCc2ccc(F)cc2)n1. The summed E-state index contributed by atoms with van der Waals surface area (Å²) in [4.78, 5) is 4.46. The number of benzene rings is 1. The van der Waals surface area contributed by atoms with Gasteiger partial charge in [-0.15, -0.1) is 11.3 Å². The zero-order chi connectivity index (χ0) is 14.8. The van der Waals surface area contributed by atoms with Crippen molar-refractivity contribution in [1.82, 2.24) is 9.36 Å². The highest BCUT2D eigenvalue weighted by Gasteiger charge is 2.16. The van der Waals surface area contributed by atoms with E-state index in [9.17, 15) is 4.39 Å². The molecule has 0 aliphatic carbocycles. The number of aromatic nitrogens is 2. The average Bonchev–Trinajstić information content (AvgIpc) is 3.04. The van der Waals surface area contributed by atoms with E-state index in [-0.39, 0.29) is 5.82 Å². The van der Waals surface area contributed by atoms with E-state index in [1.807, 2.05) is 12.3 Å². The third-order valence-corrected chi connectivity index (χ3v) is 4.71. The van der Waals surface area contributed by atoms with Crippen molar-refractivity contribution in [3.8, 4) is 10.6 Å². The maximum absolute atomic E-state index is 12.9. The van der Waals surface area contributed by atoms with Gasteiger partial charge in [-0.2, -0.15) is 4.37 Å². The Labute approximate surface area is 129 Å². The number of anilines is 2. The van der Waals surface area contributed by atoms with Crippen LogP contribution in [-0.4, -0.2) is 9.36 Å². The van der Waals surface area contributed by atoms with Crippen molar-refractivity contribution in [2.75, 3.05) is 11.1 Å². The minimum absolute atomic E-state index is 0.236. The molecule has 0 saturated carbocycles. The maximum atomic E-state index is 12.9. The molecule has 3 aromatic rings. The smallest absolute Gasteiger partial charge is 0.149 e. The predicted molar refractivity (Wildman–Crippen MR) is 86.1 cm³/mol. The van der Waals surface area contributed by atoms with E-state index in [2.05, 4.69) is 14.7 Å². The number of hydrogen-bond donors (Lipinski definition) is 2. The van der Waals surface area contributed by atoms with Gasteiger partial charge in [0.2, 0.25) is 0 Å². The van der Waals surface area contributed by atoms with Crippen LogP contribution in [0.4, 0.5) is 15.2 Å². The van der Waals surface area contributed by atoms with Crippen molar-refractivity contribution in [1.29, 1.82) is 0 Å². The van der Waals surface area contributed by atoms with Crippen LogP contribution >= 0.6 is 22.9 Å². The van der Waals surface area contributed by atoms with Crippen molar-refractivity contribution in [2.24, 2.45) is 0 Å². The summed E-state index contributed by atoms with van der Waals surface area (Å²) < 4.78 is 17.1. The first kappa shape index (κ1) is 14.0. The fourth-order valence-electron chi connectivity index (χ4n) is 1.88. The summed E-state index contributed by atoms with van der Waals surface area (Å²) in [6.07, 6.45) is 0. The van der Waals surface area contributed by atoms with E-state index in [1.165, 1.54) is 23.7 Å². The van der Waals surface area contributed by atoms with E-state index < -0.39 is 0 Å². The van der Waals surface area contributed by atoms with Crippen LogP contribution in [0.15, 0.2) is 29.6 Å². The lowest BCUT2D eigenvalue weighted by molar-refractivity contribution is 0.627. The van der Waals surface area contributed by atoms with E-state index >= 15 is 0 Å². The van der Waals surface area contributed by atoms with Gasteiger partial charge in [-0.3, -0.25) is 0 Å². The molecule has 21 heavy (non-hydrogen) atoms. The van der Waals surface area contributed by atoms with Gasteiger partial charge < -0.3 is 11.1 Å². The number of halogens is 1. The van der Waals surface area contributed by atoms with Crippen molar-refractivity contribution < 1.29 is 4.39 Å². The Morgan fingerprint density at radius 3 is 2.71 bits per heavy atom. The van der Waals surface area contributed by atoms with Gasteiger partial charge >= 0.3 is 0 Å². The minimum Gasteiger partial charge on any atom is -0.382 e. The molecule has 108 valence electrons. The molecule has 0 aliphatic rings. The van der Waals surface area contributed by atoms with Gasteiger partial charge in [0.15, 0.2) is 0 Å². The third kappa shape index (κ3) is 3.03. The topological polar surface area (TPSA) is 63.8 Å². The van der Waals surface area contributed by atoms with E-state index in [0.717, 1.165) is 26.8 Å². The monoisotopic (exact) mass is 320 g/mol. The van der Waals surface area contributed by atoms with Crippen LogP contribution in [0.25, 0.3) is 10.6 Å². The summed E-state index contributed by atoms with van der Waals surface area (Å²) in [5.41, 5.74) is 8.75. The summed E-state index contributed by atoms with van der Waals surface area (Å²) in [7, 11) is 0. The lowest BCUT2D eigenvalue weighted by Crippen LogP contribution is -1.99. The molecular weight excluding hydrogens is 307 g/mol. The summed E-state index contributed by atoms with van der Waals surface area (Å²) in [5.74, 6) is 0.246. The Morgan fingerprint density at radius 2 is 2.05 bits per heavy atom. The number of rotatable bonds is 4. The molecule has 3 N–H and O–H groups in total. The zero-order valence-corrected chi connectivity index (χ0v) is 12.9. The van der Waals surface area contributed by atoms with E-state index in [4.69, 9.17) is 5.73 Å². The summed E-state index contributed by atoms with van der Waals surface area (Å²) in [6.45, 7) is 2.53. The van der Waals surface area contributed by atoms with Crippen LogP contribution in [0.1, 0.15) is 11.3 Å². The first-order valence-corrected chi connectivity index (χ1v) is 7.95. The Morgan fingerprint density at radius 1 is 1.29 bits per heavy atom. The van der Waals surface area contributed by atoms with Crippen molar-refractivity contribution in [2.45, 2.75) is 13.5 Å². The molecule has 0 fully saturated rings. The fraction of sp³-hybridized carbons (Fsp3) is 0.143. The Balaban J connectivity index is 1.81. The predicted octanol–water partition coefficient (Wildman–Crippen LogP) is 3.91. The van der Waals surface area contributed by atoms with Gasteiger partial charge in [0.05, 0.1) is 5.56 Å². The van der Waals surface area contributed by atoms with Crippen LogP contribution in [0, 0.1) is 12.7 Å². The number of aryl methyl sites for hydroxylation is 1. The van der Waals surface area contributed by atoms with Crippen LogP contribution in [0.3, 0.4) is 0 Å². The lowest BCUT2D eigenvalue weighted by atomic mass is 10.2. The molecule has 2 heterocycles. The van der Waals surface area contributed by atoms with Gasteiger partial charge in [-0.25, -0.2) is 9.37 Å². The normalized spacial score (nSPS) is 10.8. The van der Waals surface area contributed by atoms with E-state index in [1.54, 1.807) is 23.5 Å². The molecule has 0 radical (unpaired) electrons. The quantitative estimate of drug-likeness (QED) is 0.765. The lowest BCUT2D eigenvalue weighted by Gasteiger charge is -2.05. The molecule has 2 aromatic heterocycles. The van der Waals surface area contributed by atoms with Crippen molar-refractivity contribution in [3.63, 3.8) is 0 Å². The highest BCUT2D eigenvalue weighted by Crippen LogP contribution is 2.38. The molecule has 0 spiro atoms. The van der Waals surface area contributed by atoms with Crippen LogP contribution in [0.5, 0.6) is 0 Å². The van der Waals surface area contributed by atoms with Crippen LogP contribution in [0.2, 0.25) is 0 Å². The molecule has 3 rings (SSSR count). The van der Waals surface area contributed by atoms with Crippen LogP contribution in [-0.2, 0) is 6.54 Å². The summed E-state index contributed by atoms with van der Waals surface area (Å²) in [5, 5.41) is 7.02. The summed E-state index contributed by atoms with van der Waals surface area (Å²) in [6, 6.07) is 6.40. The fourth-order valence-corrected chi connectivity index (χ4v) is 3.51. The molecule has 0 bridgehead atoms. The van der Waals surface area contributed by atoms with Gasteiger partial charge in [-0.05, 0) is 36.2 Å². The van der Waals surface area contributed by atoms with Gasteiger partial charge in [-0.1, -0.05) is 12.1 Å². The van der Waals surface area contributed by atoms with Gasteiger partial charge in [0, 0.05) is 17.6 Å². The van der Waals surface area contributed by atoms with Gasteiger partial charge in [0.25, 0.3) is 0 Å². The van der Waals surface area contributed by atoms with Gasteiger partial charge in [0.1, 0.15) is 21.6 Å².